The first kappa shape index (κ1) is 16.5. The number of hydrogen-bond acceptors (Lipinski definition) is 3. The number of rotatable bonds is 5. The van der Waals surface area contributed by atoms with Crippen molar-refractivity contribution >= 4 is 11.8 Å². The third-order valence-corrected chi connectivity index (χ3v) is 4.04. The van der Waals surface area contributed by atoms with Crippen molar-refractivity contribution in [1.29, 1.82) is 0 Å². The van der Waals surface area contributed by atoms with Gasteiger partial charge < -0.3 is 15.7 Å². The molecule has 1 aliphatic rings. The lowest BCUT2D eigenvalue weighted by Crippen LogP contribution is -2.52. The molecule has 2 unspecified atom stereocenters. The molecule has 2 rings (SSSR count). The van der Waals surface area contributed by atoms with Gasteiger partial charge in [0.15, 0.2) is 0 Å². The predicted octanol–water partition coefficient (Wildman–Crippen LogP) is 1.15. The molecule has 0 heterocycles. The van der Waals surface area contributed by atoms with Gasteiger partial charge in [-0.3, -0.25) is 9.59 Å². The van der Waals surface area contributed by atoms with Crippen LogP contribution in [-0.4, -0.2) is 35.1 Å². The molecule has 0 radical (unpaired) electrons. The van der Waals surface area contributed by atoms with Crippen LogP contribution in [0.15, 0.2) is 30.3 Å². The first-order chi connectivity index (χ1) is 10.6. The number of aliphatic hydroxyl groups excluding tert-OH is 1. The minimum atomic E-state index is -0.606. The minimum Gasteiger partial charge on any atom is -0.391 e. The fourth-order valence-corrected chi connectivity index (χ4v) is 2.73. The second-order valence-electron chi connectivity index (χ2n) is 5.92. The molecule has 22 heavy (non-hydrogen) atoms. The molecule has 5 heteroatoms. The number of carbonyl (C=O) groups excluding carboxylic acids is 2. The van der Waals surface area contributed by atoms with E-state index < -0.39 is 12.1 Å². The molecule has 1 saturated carbocycles. The van der Waals surface area contributed by atoms with E-state index in [-0.39, 0.29) is 24.3 Å². The Labute approximate surface area is 131 Å². The van der Waals surface area contributed by atoms with Crippen LogP contribution in [0.5, 0.6) is 0 Å². The first-order valence-electron chi connectivity index (χ1n) is 7.88. The first-order valence-corrected chi connectivity index (χ1v) is 7.88. The van der Waals surface area contributed by atoms with E-state index in [1.165, 1.54) is 0 Å². The van der Waals surface area contributed by atoms with Gasteiger partial charge in [0.05, 0.1) is 18.6 Å². The summed E-state index contributed by atoms with van der Waals surface area (Å²) < 4.78 is 0. The lowest BCUT2D eigenvalue weighted by molar-refractivity contribution is -0.129. The maximum absolute atomic E-state index is 12.1. The molecule has 3 atom stereocenters. The standard InChI is InChI=1S/C17H24N2O3/c1-12(17(22)19-14-9-5-6-10-15(14)20)18-16(21)11-13-7-3-2-4-8-13/h2-4,7-8,12,14-15,20H,5-6,9-11H2,1H3,(H,18,21)(H,19,22)/t12-,14?,15?/m0/s1. The fourth-order valence-electron chi connectivity index (χ4n) is 2.73. The van der Waals surface area contributed by atoms with E-state index in [9.17, 15) is 14.7 Å². The molecule has 1 aromatic carbocycles. The van der Waals surface area contributed by atoms with Gasteiger partial charge in [0, 0.05) is 0 Å². The van der Waals surface area contributed by atoms with Gasteiger partial charge in [-0.2, -0.15) is 0 Å². The largest absolute Gasteiger partial charge is 0.391 e. The van der Waals surface area contributed by atoms with Crippen LogP contribution in [0.3, 0.4) is 0 Å². The van der Waals surface area contributed by atoms with E-state index in [4.69, 9.17) is 0 Å². The summed E-state index contributed by atoms with van der Waals surface area (Å²) in [6.07, 6.45) is 3.29. The average Bonchev–Trinajstić information content (AvgIpc) is 2.50. The molecular formula is C17H24N2O3. The van der Waals surface area contributed by atoms with E-state index in [2.05, 4.69) is 10.6 Å². The Morgan fingerprint density at radius 1 is 1.23 bits per heavy atom. The van der Waals surface area contributed by atoms with Crippen molar-refractivity contribution in [2.75, 3.05) is 0 Å². The number of benzene rings is 1. The molecule has 0 aromatic heterocycles. The molecule has 1 aromatic rings. The summed E-state index contributed by atoms with van der Waals surface area (Å²) in [4.78, 5) is 24.1. The van der Waals surface area contributed by atoms with Crippen molar-refractivity contribution in [2.45, 2.75) is 57.2 Å². The summed E-state index contributed by atoms with van der Waals surface area (Å²) in [6.45, 7) is 1.66. The highest BCUT2D eigenvalue weighted by Crippen LogP contribution is 2.18. The van der Waals surface area contributed by atoms with Gasteiger partial charge in [0.1, 0.15) is 6.04 Å². The van der Waals surface area contributed by atoms with Crippen LogP contribution in [0.4, 0.5) is 0 Å². The van der Waals surface area contributed by atoms with Gasteiger partial charge in [-0.25, -0.2) is 0 Å². The van der Waals surface area contributed by atoms with E-state index >= 15 is 0 Å². The number of nitrogens with one attached hydrogen (secondary N) is 2. The normalized spacial score (nSPS) is 22.6. The summed E-state index contributed by atoms with van der Waals surface area (Å²) in [5, 5.41) is 15.4. The Balaban J connectivity index is 1.79. The van der Waals surface area contributed by atoms with Crippen molar-refractivity contribution in [1.82, 2.24) is 10.6 Å². The number of aliphatic hydroxyl groups is 1. The molecule has 5 nitrogen and oxygen atoms in total. The lowest BCUT2D eigenvalue weighted by atomic mass is 9.92. The molecule has 3 N–H and O–H groups in total. The van der Waals surface area contributed by atoms with Crippen molar-refractivity contribution in [3.63, 3.8) is 0 Å². The van der Waals surface area contributed by atoms with Crippen LogP contribution in [0, 0.1) is 0 Å². The molecule has 0 bridgehead atoms. The smallest absolute Gasteiger partial charge is 0.242 e. The molecule has 0 saturated heterocycles. The van der Waals surface area contributed by atoms with Crippen LogP contribution < -0.4 is 10.6 Å². The van der Waals surface area contributed by atoms with Crippen LogP contribution in [-0.2, 0) is 16.0 Å². The van der Waals surface area contributed by atoms with E-state index in [0.717, 1.165) is 31.2 Å². The maximum Gasteiger partial charge on any atom is 0.242 e. The van der Waals surface area contributed by atoms with Gasteiger partial charge >= 0.3 is 0 Å². The van der Waals surface area contributed by atoms with Gasteiger partial charge in [-0.05, 0) is 25.3 Å². The lowest BCUT2D eigenvalue weighted by Gasteiger charge is -2.29. The SMILES string of the molecule is C[C@H](NC(=O)Cc1ccccc1)C(=O)NC1CCCCC1O. The molecule has 0 aliphatic heterocycles. The Hall–Kier alpha value is -1.88. The highest BCUT2D eigenvalue weighted by molar-refractivity contribution is 5.88. The topological polar surface area (TPSA) is 78.4 Å². The zero-order chi connectivity index (χ0) is 15.9. The molecule has 0 spiro atoms. The molecule has 2 amide bonds. The highest BCUT2D eigenvalue weighted by Gasteiger charge is 2.26. The van der Waals surface area contributed by atoms with Crippen LogP contribution in [0.2, 0.25) is 0 Å². The third-order valence-electron chi connectivity index (χ3n) is 4.04. The summed E-state index contributed by atoms with van der Waals surface area (Å²) in [7, 11) is 0. The average molecular weight is 304 g/mol. The van der Waals surface area contributed by atoms with E-state index in [1.807, 2.05) is 30.3 Å². The Bertz CT molecular complexity index is 504. The second kappa shape index (κ2) is 7.94. The predicted molar refractivity (Wildman–Crippen MR) is 84.2 cm³/mol. The van der Waals surface area contributed by atoms with Crippen molar-refractivity contribution in [3.05, 3.63) is 35.9 Å². The summed E-state index contributed by atoms with van der Waals surface area (Å²) in [6, 6.07) is 8.60. The van der Waals surface area contributed by atoms with Crippen LogP contribution in [0.1, 0.15) is 38.2 Å². The van der Waals surface area contributed by atoms with E-state index in [1.54, 1.807) is 6.92 Å². The summed E-state index contributed by atoms with van der Waals surface area (Å²) in [5.74, 6) is -0.426. The maximum atomic E-state index is 12.1. The number of hydrogen-bond donors (Lipinski definition) is 3. The van der Waals surface area contributed by atoms with Gasteiger partial charge in [-0.15, -0.1) is 0 Å². The van der Waals surface area contributed by atoms with Crippen LogP contribution in [0.25, 0.3) is 0 Å². The summed E-state index contributed by atoms with van der Waals surface area (Å²) >= 11 is 0. The van der Waals surface area contributed by atoms with Crippen molar-refractivity contribution in [2.24, 2.45) is 0 Å². The Morgan fingerprint density at radius 2 is 1.91 bits per heavy atom. The highest BCUT2D eigenvalue weighted by atomic mass is 16.3. The molecule has 1 fully saturated rings. The molecular weight excluding hydrogens is 280 g/mol. The summed E-state index contributed by atoms with van der Waals surface area (Å²) in [5.41, 5.74) is 0.912. The third kappa shape index (κ3) is 4.84. The van der Waals surface area contributed by atoms with Gasteiger partial charge in [0.25, 0.3) is 0 Å². The quantitative estimate of drug-likeness (QED) is 0.763. The fraction of sp³-hybridized carbons (Fsp3) is 0.529. The van der Waals surface area contributed by atoms with E-state index in [0.29, 0.717) is 0 Å². The van der Waals surface area contributed by atoms with Crippen molar-refractivity contribution in [3.8, 4) is 0 Å². The van der Waals surface area contributed by atoms with Crippen molar-refractivity contribution < 1.29 is 14.7 Å². The zero-order valence-electron chi connectivity index (χ0n) is 12.9. The minimum absolute atomic E-state index is 0.182. The Morgan fingerprint density at radius 3 is 2.59 bits per heavy atom. The van der Waals surface area contributed by atoms with Gasteiger partial charge in [0.2, 0.25) is 11.8 Å². The zero-order valence-corrected chi connectivity index (χ0v) is 12.9. The van der Waals surface area contributed by atoms with Gasteiger partial charge in [-0.1, -0.05) is 43.2 Å². The number of carbonyl (C=O) groups is 2. The molecule has 120 valence electrons. The monoisotopic (exact) mass is 304 g/mol. The number of amides is 2. The second-order valence-corrected chi connectivity index (χ2v) is 5.92. The molecule has 1 aliphatic carbocycles. The Kier molecular flexibility index (Phi) is 5.95. The van der Waals surface area contributed by atoms with Crippen LogP contribution >= 0.6 is 0 Å².